The van der Waals surface area contributed by atoms with Gasteiger partial charge in [-0.2, -0.15) is 0 Å². The van der Waals surface area contributed by atoms with Crippen molar-refractivity contribution in [3.63, 3.8) is 0 Å². The highest BCUT2D eigenvalue weighted by Crippen LogP contribution is 2.38. The highest BCUT2D eigenvalue weighted by Gasteiger charge is 2.21. The van der Waals surface area contributed by atoms with Crippen LogP contribution in [0.15, 0.2) is 24.3 Å². The first kappa shape index (κ1) is 51.5. The average molecular weight is 772 g/mol. The molecular weight excluding hydrogens is 689 g/mol. The molecule has 0 saturated heterocycles. The molecular formula is C43H82NO8P. The third-order valence-electron chi connectivity index (χ3n) is 9.33. The maximum absolute atomic E-state index is 12.5. The monoisotopic (exact) mass is 772 g/mol. The molecule has 2 atom stereocenters. The number of carbonyl (C=O) groups excluding carboxylic acids is 2. The molecule has 0 saturated carbocycles. The SMILES string of the molecule is CCCCCCCCCCCCC/C=C/C=C/C(=O)O[C@H](COC(=O)CCCCCCCCCCCCCCCC)COP(=O)([O-])OCC[N+](C)(C)C. The summed E-state index contributed by atoms with van der Waals surface area (Å²) in [5.41, 5.74) is 0. The summed E-state index contributed by atoms with van der Waals surface area (Å²) in [6.07, 6.45) is 38.4. The lowest BCUT2D eigenvalue weighted by Crippen LogP contribution is -2.37. The predicted octanol–water partition coefficient (Wildman–Crippen LogP) is 11.3. The topological polar surface area (TPSA) is 111 Å². The molecule has 0 rings (SSSR count). The van der Waals surface area contributed by atoms with E-state index < -0.39 is 32.5 Å². The molecule has 0 aliphatic carbocycles. The molecule has 0 aromatic heterocycles. The van der Waals surface area contributed by atoms with Gasteiger partial charge in [-0.1, -0.05) is 180 Å². The van der Waals surface area contributed by atoms with Crippen LogP contribution in [-0.2, 0) is 32.7 Å². The van der Waals surface area contributed by atoms with Gasteiger partial charge in [0.25, 0.3) is 7.82 Å². The number of allylic oxidation sites excluding steroid dienone is 3. The molecule has 0 N–H and O–H groups in total. The van der Waals surface area contributed by atoms with Crippen molar-refractivity contribution in [3.8, 4) is 0 Å². The summed E-state index contributed by atoms with van der Waals surface area (Å²) in [7, 11) is 1.12. The molecule has 53 heavy (non-hydrogen) atoms. The van der Waals surface area contributed by atoms with E-state index in [1.807, 2.05) is 33.3 Å². The van der Waals surface area contributed by atoms with E-state index in [0.29, 0.717) is 11.0 Å². The van der Waals surface area contributed by atoms with Crippen molar-refractivity contribution in [2.24, 2.45) is 0 Å². The number of ether oxygens (including phenoxy) is 2. The van der Waals surface area contributed by atoms with Crippen molar-refractivity contribution in [3.05, 3.63) is 24.3 Å². The van der Waals surface area contributed by atoms with E-state index in [2.05, 4.69) is 13.8 Å². The minimum absolute atomic E-state index is 0.0445. The number of hydrogen-bond acceptors (Lipinski definition) is 8. The number of phosphoric acid groups is 1. The number of quaternary nitrogens is 1. The highest BCUT2D eigenvalue weighted by molar-refractivity contribution is 7.45. The summed E-state index contributed by atoms with van der Waals surface area (Å²) in [6, 6.07) is 0. The van der Waals surface area contributed by atoms with Crippen LogP contribution in [0.2, 0.25) is 0 Å². The lowest BCUT2D eigenvalue weighted by Gasteiger charge is -2.28. The van der Waals surface area contributed by atoms with Crippen LogP contribution >= 0.6 is 7.82 Å². The molecule has 1 unspecified atom stereocenters. The van der Waals surface area contributed by atoms with Gasteiger partial charge in [-0.25, -0.2) is 4.79 Å². The minimum atomic E-state index is -4.64. The second kappa shape index (κ2) is 36.1. The van der Waals surface area contributed by atoms with Crippen LogP contribution in [0.3, 0.4) is 0 Å². The van der Waals surface area contributed by atoms with Gasteiger partial charge < -0.3 is 27.9 Å². The van der Waals surface area contributed by atoms with E-state index in [0.717, 1.165) is 32.1 Å². The summed E-state index contributed by atoms with van der Waals surface area (Å²) < 4.78 is 33.6. The number of esters is 2. The third kappa shape index (κ3) is 40.0. The van der Waals surface area contributed by atoms with E-state index in [4.69, 9.17) is 18.5 Å². The summed E-state index contributed by atoms with van der Waals surface area (Å²) in [5, 5.41) is 0. The number of hydrogen-bond donors (Lipinski definition) is 0. The Hall–Kier alpha value is -1.51. The molecule has 0 aromatic carbocycles. The largest absolute Gasteiger partial charge is 0.756 e. The molecule has 0 aromatic rings. The Labute approximate surface area is 326 Å². The first-order chi connectivity index (χ1) is 25.5. The Kier molecular flexibility index (Phi) is 35.1. The van der Waals surface area contributed by atoms with Crippen molar-refractivity contribution < 1.29 is 42.1 Å². The number of unbranched alkanes of at least 4 members (excludes halogenated alkanes) is 24. The Morgan fingerprint density at radius 2 is 1.08 bits per heavy atom. The molecule has 312 valence electrons. The molecule has 10 heteroatoms. The van der Waals surface area contributed by atoms with Crippen molar-refractivity contribution in [1.82, 2.24) is 0 Å². The fourth-order valence-corrected chi connectivity index (χ4v) is 6.64. The van der Waals surface area contributed by atoms with Crippen LogP contribution in [0.4, 0.5) is 0 Å². The van der Waals surface area contributed by atoms with Crippen LogP contribution < -0.4 is 4.89 Å². The van der Waals surface area contributed by atoms with Crippen molar-refractivity contribution in [2.45, 2.75) is 193 Å². The van der Waals surface area contributed by atoms with Gasteiger partial charge in [0.2, 0.25) is 0 Å². The van der Waals surface area contributed by atoms with Gasteiger partial charge in [0.05, 0.1) is 27.7 Å². The van der Waals surface area contributed by atoms with E-state index in [9.17, 15) is 19.0 Å². The first-order valence-corrected chi connectivity index (χ1v) is 23.0. The second-order valence-electron chi connectivity index (χ2n) is 15.8. The molecule has 0 aliphatic rings. The third-order valence-corrected chi connectivity index (χ3v) is 10.3. The maximum atomic E-state index is 12.5. The Morgan fingerprint density at radius 3 is 1.55 bits per heavy atom. The molecule has 9 nitrogen and oxygen atoms in total. The minimum Gasteiger partial charge on any atom is -0.756 e. The smallest absolute Gasteiger partial charge is 0.331 e. The zero-order valence-electron chi connectivity index (χ0n) is 35.0. The van der Waals surface area contributed by atoms with E-state index >= 15 is 0 Å². The number of phosphoric ester groups is 1. The van der Waals surface area contributed by atoms with Gasteiger partial charge in [0.15, 0.2) is 6.10 Å². The van der Waals surface area contributed by atoms with Crippen LogP contribution in [0.25, 0.3) is 0 Å². The highest BCUT2D eigenvalue weighted by atomic mass is 31.2. The van der Waals surface area contributed by atoms with Crippen LogP contribution in [-0.4, -0.2) is 70.0 Å². The van der Waals surface area contributed by atoms with Crippen molar-refractivity contribution in [1.29, 1.82) is 0 Å². The van der Waals surface area contributed by atoms with Crippen LogP contribution in [0, 0.1) is 0 Å². The lowest BCUT2D eigenvalue weighted by atomic mass is 10.0. The predicted molar refractivity (Wildman–Crippen MR) is 218 cm³/mol. The number of likely N-dealkylation sites (N-methyl/N-ethyl adjacent to an activating group) is 1. The van der Waals surface area contributed by atoms with Gasteiger partial charge >= 0.3 is 11.9 Å². The number of nitrogens with zero attached hydrogens (tertiary/aromatic N) is 1. The molecule has 0 amide bonds. The first-order valence-electron chi connectivity index (χ1n) is 21.6. The molecule has 0 heterocycles. The molecule has 0 bridgehead atoms. The van der Waals surface area contributed by atoms with Crippen LogP contribution in [0.1, 0.15) is 187 Å². The number of rotatable bonds is 39. The molecule has 0 radical (unpaired) electrons. The van der Waals surface area contributed by atoms with E-state index in [1.165, 1.54) is 141 Å². The van der Waals surface area contributed by atoms with E-state index in [1.54, 1.807) is 6.08 Å². The standard InChI is InChI=1S/C43H82NO8P/c1-6-8-10-12-14-16-18-20-22-24-26-28-30-32-34-36-43(46)52-41(40-51-53(47,48)50-38-37-44(3,4)5)39-49-42(45)35-33-31-29-27-25-23-21-19-17-15-13-11-9-7-2/h30,32,34,36,41H,6-29,31,33,35,37-40H2,1-5H3/b32-30+,36-34+/t41-/m1/s1. The van der Waals surface area contributed by atoms with Crippen molar-refractivity contribution >= 4 is 19.8 Å². The lowest BCUT2D eigenvalue weighted by molar-refractivity contribution is -0.870. The molecule has 0 spiro atoms. The van der Waals surface area contributed by atoms with Gasteiger partial charge in [0, 0.05) is 12.5 Å². The normalized spacial score (nSPS) is 13.8. The Balaban J connectivity index is 4.46. The number of carbonyl (C=O) groups is 2. The van der Waals surface area contributed by atoms with E-state index in [-0.39, 0.29) is 19.6 Å². The average Bonchev–Trinajstić information content (AvgIpc) is 3.10. The zero-order valence-corrected chi connectivity index (χ0v) is 35.9. The van der Waals surface area contributed by atoms with Gasteiger partial charge in [-0.15, -0.1) is 0 Å². The molecule has 0 aliphatic heterocycles. The summed E-state index contributed by atoms with van der Waals surface area (Å²) in [5.74, 6) is -1.08. The fraction of sp³-hybridized carbons (Fsp3) is 0.860. The fourth-order valence-electron chi connectivity index (χ4n) is 5.92. The zero-order chi connectivity index (χ0) is 39.3. The summed E-state index contributed by atoms with van der Waals surface area (Å²) in [4.78, 5) is 37.3. The van der Waals surface area contributed by atoms with Gasteiger partial charge in [-0.05, 0) is 19.3 Å². The summed E-state index contributed by atoms with van der Waals surface area (Å²) in [6.45, 7) is 4.11. The van der Waals surface area contributed by atoms with Crippen molar-refractivity contribution in [2.75, 3.05) is 47.5 Å². The maximum Gasteiger partial charge on any atom is 0.331 e. The second-order valence-corrected chi connectivity index (χ2v) is 17.2. The van der Waals surface area contributed by atoms with Gasteiger partial charge in [-0.3, -0.25) is 9.36 Å². The Morgan fingerprint density at radius 1 is 0.623 bits per heavy atom. The summed E-state index contributed by atoms with van der Waals surface area (Å²) >= 11 is 0. The Bertz CT molecular complexity index is 964. The van der Waals surface area contributed by atoms with Gasteiger partial charge in [0.1, 0.15) is 19.8 Å². The van der Waals surface area contributed by atoms with Crippen LogP contribution in [0.5, 0.6) is 0 Å². The molecule has 0 fully saturated rings. The quantitative estimate of drug-likeness (QED) is 0.0152.